The summed E-state index contributed by atoms with van der Waals surface area (Å²) in [5.41, 5.74) is 1.74. The van der Waals surface area contributed by atoms with E-state index < -0.39 is 11.9 Å². The smallest absolute Gasteiger partial charge is 0.397 e. The van der Waals surface area contributed by atoms with Crippen molar-refractivity contribution in [3.8, 4) is 0 Å². The van der Waals surface area contributed by atoms with Crippen molar-refractivity contribution in [2.45, 2.75) is 19.8 Å². The highest BCUT2D eigenvalue weighted by molar-refractivity contribution is 6.37. The largest absolute Gasteiger partial charge is 0.459 e. The molecule has 0 radical (unpaired) electrons. The van der Waals surface area contributed by atoms with Gasteiger partial charge < -0.3 is 15.0 Å². The van der Waals surface area contributed by atoms with Crippen LogP contribution in [-0.2, 0) is 14.3 Å². The van der Waals surface area contributed by atoms with E-state index in [2.05, 4.69) is 15.0 Å². The molecular weight excluding hydrogens is 244 g/mol. The van der Waals surface area contributed by atoms with Gasteiger partial charge in [-0.1, -0.05) is 0 Å². The van der Waals surface area contributed by atoms with Crippen LogP contribution in [0, 0.1) is 0 Å². The van der Waals surface area contributed by atoms with Gasteiger partial charge in [-0.05, 0) is 44.0 Å². The Kier molecular flexibility index (Phi) is 4.39. The van der Waals surface area contributed by atoms with E-state index >= 15 is 0 Å². The van der Waals surface area contributed by atoms with Crippen LogP contribution in [0.3, 0.4) is 0 Å². The molecule has 0 bridgehead atoms. The first-order chi connectivity index (χ1) is 9.20. The van der Waals surface area contributed by atoms with Gasteiger partial charge >= 0.3 is 11.9 Å². The number of esters is 1. The minimum absolute atomic E-state index is 0.195. The summed E-state index contributed by atoms with van der Waals surface area (Å²) < 4.78 is 4.62. The molecule has 19 heavy (non-hydrogen) atoms. The van der Waals surface area contributed by atoms with Gasteiger partial charge in [-0.15, -0.1) is 0 Å². The van der Waals surface area contributed by atoms with E-state index in [-0.39, 0.29) is 6.61 Å². The number of hydrogen-bond donors (Lipinski definition) is 1. The van der Waals surface area contributed by atoms with Crippen molar-refractivity contribution in [2.24, 2.45) is 0 Å². The summed E-state index contributed by atoms with van der Waals surface area (Å²) in [6.45, 7) is 4.01. The Hall–Kier alpha value is -2.04. The maximum absolute atomic E-state index is 11.4. The Bertz CT molecular complexity index is 450. The second-order valence-corrected chi connectivity index (χ2v) is 4.42. The average Bonchev–Trinajstić information content (AvgIpc) is 2.94. The van der Waals surface area contributed by atoms with Crippen molar-refractivity contribution in [1.82, 2.24) is 0 Å². The fourth-order valence-electron chi connectivity index (χ4n) is 2.11. The van der Waals surface area contributed by atoms with Crippen LogP contribution in [-0.4, -0.2) is 31.6 Å². The highest BCUT2D eigenvalue weighted by Gasteiger charge is 2.15. The molecule has 1 N–H and O–H groups in total. The summed E-state index contributed by atoms with van der Waals surface area (Å²) in [5, 5.41) is 2.51. The minimum atomic E-state index is -0.855. The van der Waals surface area contributed by atoms with Crippen molar-refractivity contribution in [1.29, 1.82) is 0 Å². The number of nitrogens with one attached hydrogen (secondary N) is 1. The van der Waals surface area contributed by atoms with Crippen LogP contribution in [0.25, 0.3) is 0 Å². The Morgan fingerprint density at radius 3 is 2.42 bits per heavy atom. The summed E-state index contributed by atoms with van der Waals surface area (Å²) in [6.07, 6.45) is 2.45. The number of ether oxygens (including phenoxy) is 1. The zero-order chi connectivity index (χ0) is 13.7. The lowest BCUT2D eigenvalue weighted by molar-refractivity contribution is -0.152. The maximum Gasteiger partial charge on any atom is 0.397 e. The highest BCUT2D eigenvalue weighted by Crippen LogP contribution is 2.21. The molecule has 1 fully saturated rings. The van der Waals surface area contributed by atoms with Crippen LogP contribution in [0.2, 0.25) is 0 Å². The summed E-state index contributed by atoms with van der Waals surface area (Å²) in [6, 6.07) is 7.49. The van der Waals surface area contributed by atoms with Crippen molar-refractivity contribution in [3.63, 3.8) is 0 Å². The van der Waals surface area contributed by atoms with Gasteiger partial charge in [0.25, 0.3) is 0 Å². The molecule has 0 aromatic heterocycles. The summed E-state index contributed by atoms with van der Waals surface area (Å²) in [7, 11) is 0. The molecule has 1 heterocycles. The van der Waals surface area contributed by atoms with E-state index in [9.17, 15) is 9.59 Å². The van der Waals surface area contributed by atoms with E-state index in [0.29, 0.717) is 5.69 Å². The quantitative estimate of drug-likeness (QED) is 0.666. The number of amides is 1. The molecule has 1 aliphatic heterocycles. The summed E-state index contributed by atoms with van der Waals surface area (Å²) >= 11 is 0. The summed E-state index contributed by atoms with van der Waals surface area (Å²) in [5.74, 6) is -1.60. The monoisotopic (exact) mass is 262 g/mol. The van der Waals surface area contributed by atoms with Crippen molar-refractivity contribution >= 4 is 23.3 Å². The minimum Gasteiger partial charge on any atom is -0.459 e. The molecule has 1 saturated heterocycles. The Balaban J connectivity index is 1.94. The molecule has 0 unspecified atom stereocenters. The average molecular weight is 262 g/mol. The number of hydrogen-bond acceptors (Lipinski definition) is 4. The molecule has 5 nitrogen and oxygen atoms in total. The van der Waals surface area contributed by atoms with E-state index in [0.717, 1.165) is 18.8 Å². The van der Waals surface area contributed by atoms with Crippen molar-refractivity contribution < 1.29 is 14.3 Å². The topological polar surface area (TPSA) is 58.6 Å². The van der Waals surface area contributed by atoms with Crippen LogP contribution < -0.4 is 10.2 Å². The van der Waals surface area contributed by atoms with Gasteiger partial charge in [0.15, 0.2) is 0 Å². The van der Waals surface area contributed by atoms with E-state index in [4.69, 9.17) is 0 Å². The van der Waals surface area contributed by atoms with Gasteiger partial charge in [0, 0.05) is 24.5 Å². The van der Waals surface area contributed by atoms with Crippen LogP contribution in [0.1, 0.15) is 19.8 Å². The third-order valence-corrected chi connectivity index (χ3v) is 3.06. The SMILES string of the molecule is CCOC(=O)C(=O)Nc1ccc(N2CCCC2)cc1. The summed E-state index contributed by atoms with van der Waals surface area (Å²) in [4.78, 5) is 24.9. The van der Waals surface area contributed by atoms with Gasteiger partial charge in [-0.2, -0.15) is 0 Å². The number of anilines is 2. The number of nitrogens with zero attached hydrogens (tertiary/aromatic N) is 1. The molecule has 102 valence electrons. The third kappa shape index (κ3) is 3.47. The molecule has 5 heteroatoms. The number of carbonyl (C=O) groups excluding carboxylic acids is 2. The molecule has 0 spiro atoms. The molecule has 2 rings (SSSR count). The predicted molar refractivity (Wildman–Crippen MR) is 73.2 cm³/mol. The zero-order valence-electron chi connectivity index (χ0n) is 11.0. The normalized spacial score (nSPS) is 14.3. The predicted octanol–water partition coefficient (Wildman–Crippen LogP) is 1.79. The van der Waals surface area contributed by atoms with Gasteiger partial charge in [-0.3, -0.25) is 4.79 Å². The molecule has 0 saturated carbocycles. The van der Waals surface area contributed by atoms with Gasteiger partial charge in [0.05, 0.1) is 6.61 Å². The Morgan fingerprint density at radius 1 is 1.21 bits per heavy atom. The molecule has 0 aliphatic carbocycles. The van der Waals surface area contributed by atoms with Crippen LogP contribution in [0.5, 0.6) is 0 Å². The molecular formula is C14H18N2O3. The first-order valence-corrected chi connectivity index (χ1v) is 6.54. The van der Waals surface area contributed by atoms with Crippen LogP contribution in [0.15, 0.2) is 24.3 Å². The van der Waals surface area contributed by atoms with Gasteiger partial charge in [0.1, 0.15) is 0 Å². The standard InChI is InChI=1S/C14H18N2O3/c1-2-19-14(18)13(17)15-11-5-7-12(8-6-11)16-9-3-4-10-16/h5-8H,2-4,9-10H2,1H3,(H,15,17). The van der Waals surface area contributed by atoms with E-state index in [1.54, 1.807) is 19.1 Å². The van der Waals surface area contributed by atoms with Crippen LogP contribution in [0.4, 0.5) is 11.4 Å². The lowest BCUT2D eigenvalue weighted by Gasteiger charge is -2.17. The maximum atomic E-state index is 11.4. The van der Waals surface area contributed by atoms with Crippen LogP contribution >= 0.6 is 0 Å². The lowest BCUT2D eigenvalue weighted by Crippen LogP contribution is -2.25. The number of carbonyl (C=O) groups is 2. The van der Waals surface area contributed by atoms with E-state index in [1.165, 1.54) is 12.8 Å². The van der Waals surface area contributed by atoms with Gasteiger partial charge in [-0.25, -0.2) is 4.79 Å². The number of rotatable bonds is 3. The molecule has 1 amide bonds. The van der Waals surface area contributed by atoms with Crippen molar-refractivity contribution in [2.75, 3.05) is 29.9 Å². The Morgan fingerprint density at radius 2 is 1.84 bits per heavy atom. The third-order valence-electron chi connectivity index (χ3n) is 3.06. The molecule has 1 aromatic rings. The second-order valence-electron chi connectivity index (χ2n) is 4.42. The van der Waals surface area contributed by atoms with Gasteiger partial charge in [0.2, 0.25) is 0 Å². The van der Waals surface area contributed by atoms with E-state index in [1.807, 2.05) is 12.1 Å². The molecule has 1 aliphatic rings. The second kappa shape index (κ2) is 6.22. The Labute approximate surface area is 112 Å². The lowest BCUT2D eigenvalue weighted by atomic mass is 10.2. The fourth-order valence-corrected chi connectivity index (χ4v) is 2.11. The molecule has 1 aromatic carbocycles. The van der Waals surface area contributed by atoms with Crippen molar-refractivity contribution in [3.05, 3.63) is 24.3 Å². The first kappa shape index (κ1) is 13.4. The molecule has 0 atom stereocenters. The number of benzene rings is 1. The zero-order valence-corrected chi connectivity index (χ0v) is 11.0. The first-order valence-electron chi connectivity index (χ1n) is 6.54. The highest BCUT2D eigenvalue weighted by atomic mass is 16.5. The fraction of sp³-hybridized carbons (Fsp3) is 0.429.